The normalized spacial score (nSPS) is 21.5. The molecule has 1 saturated heterocycles. The van der Waals surface area contributed by atoms with Crippen molar-refractivity contribution in [1.29, 1.82) is 0 Å². The molecule has 0 bridgehead atoms. The molecule has 1 aliphatic carbocycles. The van der Waals surface area contributed by atoms with Crippen molar-refractivity contribution >= 4 is 5.91 Å². The molecule has 0 unspecified atom stereocenters. The molecule has 1 aliphatic heterocycles. The van der Waals surface area contributed by atoms with Crippen LogP contribution < -0.4 is 0 Å². The fraction of sp³-hybridized carbons (Fsp3) is 0.786. The van der Waals surface area contributed by atoms with Crippen LogP contribution in [0.25, 0.3) is 0 Å². The van der Waals surface area contributed by atoms with Crippen molar-refractivity contribution in [2.75, 3.05) is 32.7 Å². The maximum Gasteiger partial charge on any atom is 0.225 e. The molecule has 1 amide bonds. The average Bonchev–Trinajstić information content (AvgIpc) is 2.79. The second-order valence-corrected chi connectivity index (χ2v) is 5.77. The smallest absolute Gasteiger partial charge is 0.225 e. The third-order valence-electron chi connectivity index (χ3n) is 4.44. The van der Waals surface area contributed by atoms with Crippen molar-refractivity contribution in [3.63, 3.8) is 0 Å². The summed E-state index contributed by atoms with van der Waals surface area (Å²) in [6, 6.07) is 0. The molecule has 1 saturated carbocycles. The zero-order valence-electron chi connectivity index (χ0n) is 11.9. The minimum absolute atomic E-state index is 0.329. The van der Waals surface area contributed by atoms with E-state index in [-0.39, 0.29) is 0 Å². The highest BCUT2D eigenvalue weighted by Crippen LogP contribution is 2.28. The van der Waals surface area contributed by atoms with E-state index in [2.05, 4.69) is 20.0 Å². The van der Waals surface area contributed by atoms with Gasteiger partial charge < -0.3 is 4.90 Å². The number of rotatable bonds is 4. The van der Waals surface area contributed by atoms with E-state index >= 15 is 0 Å². The lowest BCUT2D eigenvalue weighted by atomic mass is 9.84. The molecule has 1 aromatic heterocycles. The molecule has 0 atom stereocenters. The molecule has 2 aliphatic rings. The second kappa shape index (κ2) is 6.35. The first kappa shape index (κ1) is 13.5. The molecule has 2 heterocycles. The van der Waals surface area contributed by atoms with E-state index in [0.29, 0.717) is 11.8 Å². The highest BCUT2D eigenvalue weighted by Gasteiger charge is 2.30. The molecule has 0 spiro atoms. The summed E-state index contributed by atoms with van der Waals surface area (Å²) < 4.78 is 0. The van der Waals surface area contributed by atoms with Gasteiger partial charge >= 0.3 is 0 Å². The number of carbonyl (C=O) groups is 1. The first-order valence-electron chi connectivity index (χ1n) is 7.68. The molecular formula is C14H23N5O. The molecule has 0 N–H and O–H groups in total. The van der Waals surface area contributed by atoms with E-state index in [0.717, 1.165) is 58.5 Å². The third kappa shape index (κ3) is 3.17. The Hall–Kier alpha value is -1.43. The van der Waals surface area contributed by atoms with Gasteiger partial charge in [0.15, 0.2) is 0 Å². The number of carbonyl (C=O) groups excluding carboxylic acids is 1. The lowest BCUT2D eigenvalue weighted by Gasteiger charge is -2.31. The zero-order valence-corrected chi connectivity index (χ0v) is 11.9. The summed E-state index contributed by atoms with van der Waals surface area (Å²) in [5, 5.41) is 8.25. The van der Waals surface area contributed by atoms with Crippen LogP contribution in [0.3, 0.4) is 0 Å². The summed E-state index contributed by atoms with van der Waals surface area (Å²) in [7, 11) is 0. The van der Waals surface area contributed by atoms with Crippen LogP contribution in [0.4, 0.5) is 0 Å². The van der Waals surface area contributed by atoms with Gasteiger partial charge in [-0.1, -0.05) is 6.42 Å². The number of aromatic nitrogens is 3. The molecule has 0 aromatic carbocycles. The average molecular weight is 277 g/mol. The van der Waals surface area contributed by atoms with E-state index in [1.165, 1.54) is 6.42 Å². The molecule has 3 rings (SSSR count). The van der Waals surface area contributed by atoms with E-state index < -0.39 is 0 Å². The maximum atomic E-state index is 12.3. The van der Waals surface area contributed by atoms with Crippen LogP contribution in [-0.4, -0.2) is 63.4 Å². The van der Waals surface area contributed by atoms with Crippen LogP contribution in [0.2, 0.25) is 0 Å². The quantitative estimate of drug-likeness (QED) is 0.809. The van der Waals surface area contributed by atoms with Crippen LogP contribution in [0, 0.1) is 5.92 Å². The van der Waals surface area contributed by atoms with Gasteiger partial charge in [0.1, 0.15) is 0 Å². The van der Waals surface area contributed by atoms with Gasteiger partial charge in [-0.25, -0.2) is 0 Å². The molecule has 20 heavy (non-hydrogen) atoms. The Kier molecular flexibility index (Phi) is 4.30. The SMILES string of the molecule is O=C(C1CCC1)N1CCCN(CCn2nccn2)CC1. The molecule has 0 radical (unpaired) electrons. The summed E-state index contributed by atoms with van der Waals surface area (Å²) in [5.74, 6) is 0.724. The van der Waals surface area contributed by atoms with Crippen LogP contribution in [0.5, 0.6) is 0 Å². The molecule has 1 aromatic rings. The fourth-order valence-corrected chi connectivity index (χ4v) is 2.92. The summed E-state index contributed by atoms with van der Waals surface area (Å²) in [6.45, 7) is 5.62. The van der Waals surface area contributed by atoms with Gasteiger partial charge in [0.25, 0.3) is 0 Å². The summed E-state index contributed by atoms with van der Waals surface area (Å²) in [5.41, 5.74) is 0. The van der Waals surface area contributed by atoms with Crippen LogP contribution in [-0.2, 0) is 11.3 Å². The van der Waals surface area contributed by atoms with Crippen molar-refractivity contribution in [3.8, 4) is 0 Å². The number of hydrogen-bond donors (Lipinski definition) is 0. The standard InChI is InChI=1S/C14H23N5O/c20-14(13-3-1-4-13)18-8-2-7-17(9-11-18)10-12-19-15-5-6-16-19/h5-6,13H,1-4,7-12H2. The second-order valence-electron chi connectivity index (χ2n) is 5.77. The van der Waals surface area contributed by atoms with E-state index in [1.54, 1.807) is 17.2 Å². The van der Waals surface area contributed by atoms with Crippen molar-refractivity contribution in [2.45, 2.75) is 32.2 Å². The summed E-state index contributed by atoms with van der Waals surface area (Å²) in [6.07, 6.45) is 7.93. The Morgan fingerprint density at radius 1 is 1.00 bits per heavy atom. The van der Waals surface area contributed by atoms with Crippen molar-refractivity contribution in [2.24, 2.45) is 5.92 Å². The maximum absolute atomic E-state index is 12.3. The number of amides is 1. The van der Waals surface area contributed by atoms with E-state index in [4.69, 9.17) is 0 Å². The first-order valence-corrected chi connectivity index (χ1v) is 7.68. The van der Waals surface area contributed by atoms with Gasteiger partial charge in [0.05, 0.1) is 18.9 Å². The molecule has 6 heteroatoms. The van der Waals surface area contributed by atoms with Gasteiger partial charge in [-0.2, -0.15) is 15.0 Å². The Labute approximate surface area is 119 Å². The lowest BCUT2D eigenvalue weighted by Crippen LogP contribution is -2.41. The topological polar surface area (TPSA) is 54.3 Å². The van der Waals surface area contributed by atoms with Crippen LogP contribution in [0.1, 0.15) is 25.7 Å². The predicted octanol–water partition coefficient (Wildman–Crippen LogP) is 0.612. The van der Waals surface area contributed by atoms with Crippen molar-refractivity contribution in [3.05, 3.63) is 12.4 Å². The molecule has 2 fully saturated rings. The van der Waals surface area contributed by atoms with Crippen molar-refractivity contribution < 1.29 is 4.79 Å². The minimum atomic E-state index is 0.329. The van der Waals surface area contributed by atoms with Gasteiger partial charge in [-0.3, -0.25) is 9.69 Å². The number of hydrogen-bond acceptors (Lipinski definition) is 4. The third-order valence-corrected chi connectivity index (χ3v) is 4.44. The Balaban J connectivity index is 1.45. The highest BCUT2D eigenvalue weighted by atomic mass is 16.2. The van der Waals surface area contributed by atoms with Gasteiger partial charge in [-0.05, 0) is 25.8 Å². The Bertz CT molecular complexity index is 429. The Morgan fingerprint density at radius 3 is 2.50 bits per heavy atom. The van der Waals surface area contributed by atoms with Gasteiger partial charge in [0, 0.05) is 32.1 Å². The number of nitrogens with zero attached hydrogens (tertiary/aromatic N) is 5. The predicted molar refractivity (Wildman–Crippen MR) is 75.0 cm³/mol. The Morgan fingerprint density at radius 2 is 1.80 bits per heavy atom. The van der Waals surface area contributed by atoms with Crippen molar-refractivity contribution in [1.82, 2.24) is 24.8 Å². The van der Waals surface area contributed by atoms with E-state index in [1.807, 2.05) is 0 Å². The first-order chi connectivity index (χ1) is 9.83. The molecular weight excluding hydrogens is 254 g/mol. The summed E-state index contributed by atoms with van der Waals surface area (Å²) >= 11 is 0. The van der Waals surface area contributed by atoms with Gasteiger partial charge in [0.2, 0.25) is 5.91 Å². The van der Waals surface area contributed by atoms with E-state index in [9.17, 15) is 4.79 Å². The summed E-state index contributed by atoms with van der Waals surface area (Å²) in [4.78, 5) is 18.5. The highest BCUT2D eigenvalue weighted by molar-refractivity contribution is 5.79. The monoisotopic (exact) mass is 277 g/mol. The molecule has 6 nitrogen and oxygen atoms in total. The molecule has 110 valence electrons. The van der Waals surface area contributed by atoms with Gasteiger partial charge in [-0.15, -0.1) is 0 Å². The largest absolute Gasteiger partial charge is 0.341 e. The fourth-order valence-electron chi connectivity index (χ4n) is 2.92. The van der Waals surface area contributed by atoms with Crippen LogP contribution in [0.15, 0.2) is 12.4 Å². The zero-order chi connectivity index (χ0) is 13.8. The minimum Gasteiger partial charge on any atom is -0.341 e. The van der Waals surface area contributed by atoms with Crippen LogP contribution >= 0.6 is 0 Å². The lowest BCUT2D eigenvalue weighted by molar-refractivity contribution is -0.138.